The molecule has 2 aliphatic rings. The van der Waals surface area contributed by atoms with Crippen LogP contribution in [0.3, 0.4) is 0 Å². The van der Waals surface area contributed by atoms with Gasteiger partial charge in [0.15, 0.2) is 0 Å². The number of anilines is 1. The zero-order chi connectivity index (χ0) is 13.2. The molecule has 2 saturated heterocycles. The Balaban J connectivity index is 1.75. The van der Waals surface area contributed by atoms with Crippen LogP contribution in [0.2, 0.25) is 5.15 Å². The fraction of sp³-hybridized carbons (Fsp3) is 0.571. The quantitative estimate of drug-likeness (QED) is 0.844. The lowest BCUT2D eigenvalue weighted by Gasteiger charge is -2.32. The summed E-state index contributed by atoms with van der Waals surface area (Å²) in [5, 5.41) is 12.8. The van der Waals surface area contributed by atoms with Crippen LogP contribution in [-0.4, -0.2) is 35.1 Å². The molecule has 3 rings (SSSR count). The second kappa shape index (κ2) is 5.36. The van der Waals surface area contributed by atoms with Crippen LogP contribution < -0.4 is 5.32 Å². The van der Waals surface area contributed by atoms with E-state index in [1.54, 1.807) is 12.1 Å². The lowest BCUT2D eigenvalue weighted by atomic mass is 9.99. The number of hydrogen-bond acceptors (Lipinski definition) is 4. The normalized spacial score (nSPS) is 26.7. The summed E-state index contributed by atoms with van der Waals surface area (Å²) in [7, 11) is 0. The fourth-order valence-corrected chi connectivity index (χ4v) is 3.45. The number of pyridine rings is 1. The summed E-state index contributed by atoms with van der Waals surface area (Å²) < 4.78 is 0. The minimum Gasteiger partial charge on any atom is -0.366 e. The number of aromatic nitrogens is 1. The third-order valence-corrected chi connectivity index (χ3v) is 4.31. The molecule has 2 aliphatic heterocycles. The van der Waals surface area contributed by atoms with Gasteiger partial charge in [0.1, 0.15) is 11.0 Å². The molecule has 2 fully saturated rings. The number of rotatable bonds is 2. The van der Waals surface area contributed by atoms with E-state index in [0.29, 0.717) is 22.8 Å². The maximum absolute atomic E-state index is 8.96. The Kier molecular flexibility index (Phi) is 3.58. The molecule has 0 spiro atoms. The number of fused-ring (bicyclic) bond motifs is 1. The van der Waals surface area contributed by atoms with Gasteiger partial charge in [-0.1, -0.05) is 18.0 Å². The van der Waals surface area contributed by atoms with Gasteiger partial charge >= 0.3 is 0 Å². The average Bonchev–Trinajstić information content (AvgIpc) is 2.82. The molecule has 0 aliphatic carbocycles. The van der Waals surface area contributed by atoms with Gasteiger partial charge in [-0.3, -0.25) is 4.90 Å². The number of nitrogens with zero attached hydrogens (tertiary/aromatic N) is 3. The first-order valence-electron chi connectivity index (χ1n) is 6.84. The van der Waals surface area contributed by atoms with Gasteiger partial charge in [0.25, 0.3) is 0 Å². The molecule has 0 amide bonds. The van der Waals surface area contributed by atoms with Crippen molar-refractivity contribution >= 4 is 17.4 Å². The summed E-state index contributed by atoms with van der Waals surface area (Å²) in [4.78, 5) is 6.83. The van der Waals surface area contributed by atoms with Gasteiger partial charge in [0.2, 0.25) is 0 Å². The van der Waals surface area contributed by atoms with Crippen molar-refractivity contribution in [2.24, 2.45) is 0 Å². The smallest absolute Gasteiger partial charge is 0.132 e. The Morgan fingerprint density at radius 2 is 2.21 bits per heavy atom. The number of hydrogen-bond donors (Lipinski definition) is 1. The SMILES string of the molecule is N#Cc1cc(Cl)nc(NC2CCN3CCCCC23)c1. The van der Waals surface area contributed by atoms with E-state index in [0.717, 1.165) is 18.8 Å². The van der Waals surface area contributed by atoms with E-state index < -0.39 is 0 Å². The lowest BCUT2D eigenvalue weighted by Crippen LogP contribution is -2.41. The number of piperidine rings is 1. The van der Waals surface area contributed by atoms with E-state index in [2.05, 4.69) is 21.3 Å². The molecule has 4 nitrogen and oxygen atoms in total. The summed E-state index contributed by atoms with van der Waals surface area (Å²) in [6, 6.07) is 6.52. The predicted molar refractivity (Wildman–Crippen MR) is 75.2 cm³/mol. The van der Waals surface area contributed by atoms with Crippen LogP contribution in [0.4, 0.5) is 5.82 Å². The molecule has 0 bridgehead atoms. The lowest BCUT2D eigenvalue weighted by molar-refractivity contribution is 0.192. The molecular formula is C14H17ClN4. The van der Waals surface area contributed by atoms with Crippen molar-refractivity contribution in [1.29, 1.82) is 5.26 Å². The Bertz CT molecular complexity index is 511. The number of nitrogens with one attached hydrogen (secondary N) is 1. The molecule has 3 heterocycles. The van der Waals surface area contributed by atoms with Crippen LogP contribution in [-0.2, 0) is 0 Å². The molecule has 0 saturated carbocycles. The monoisotopic (exact) mass is 276 g/mol. The molecular weight excluding hydrogens is 260 g/mol. The molecule has 1 aromatic rings. The topological polar surface area (TPSA) is 52.0 Å². The maximum atomic E-state index is 8.96. The summed E-state index contributed by atoms with van der Waals surface area (Å²) in [6.45, 7) is 2.38. The first-order chi connectivity index (χ1) is 9.26. The van der Waals surface area contributed by atoms with Gasteiger partial charge < -0.3 is 5.32 Å². The van der Waals surface area contributed by atoms with Crippen LogP contribution in [0.25, 0.3) is 0 Å². The summed E-state index contributed by atoms with van der Waals surface area (Å²) >= 11 is 5.94. The van der Waals surface area contributed by atoms with Gasteiger partial charge in [-0.05, 0) is 37.9 Å². The zero-order valence-corrected chi connectivity index (χ0v) is 11.5. The third-order valence-electron chi connectivity index (χ3n) is 4.11. The highest BCUT2D eigenvalue weighted by atomic mass is 35.5. The van der Waals surface area contributed by atoms with Crippen LogP contribution in [0.5, 0.6) is 0 Å². The molecule has 1 N–H and O–H groups in total. The average molecular weight is 277 g/mol. The zero-order valence-electron chi connectivity index (χ0n) is 10.8. The predicted octanol–water partition coefficient (Wildman–Crippen LogP) is 2.65. The first kappa shape index (κ1) is 12.7. The van der Waals surface area contributed by atoms with Crippen molar-refractivity contribution in [3.63, 3.8) is 0 Å². The first-order valence-corrected chi connectivity index (χ1v) is 7.22. The molecule has 5 heteroatoms. The molecule has 2 unspecified atom stereocenters. The molecule has 19 heavy (non-hydrogen) atoms. The molecule has 0 radical (unpaired) electrons. The van der Waals surface area contributed by atoms with Gasteiger partial charge in [0.05, 0.1) is 11.6 Å². The Labute approximate surface area is 118 Å². The molecule has 1 aromatic heterocycles. The van der Waals surface area contributed by atoms with Gasteiger partial charge in [0, 0.05) is 18.6 Å². The number of halogens is 1. The molecule has 100 valence electrons. The minimum atomic E-state index is 0.375. The van der Waals surface area contributed by atoms with E-state index in [1.165, 1.54) is 25.8 Å². The van der Waals surface area contributed by atoms with E-state index in [9.17, 15) is 0 Å². The van der Waals surface area contributed by atoms with Gasteiger partial charge in [-0.2, -0.15) is 5.26 Å². The van der Waals surface area contributed by atoms with Crippen LogP contribution in [0.15, 0.2) is 12.1 Å². The Morgan fingerprint density at radius 1 is 1.32 bits per heavy atom. The highest BCUT2D eigenvalue weighted by molar-refractivity contribution is 6.29. The van der Waals surface area contributed by atoms with E-state index in [4.69, 9.17) is 16.9 Å². The second-order valence-corrected chi connectivity index (χ2v) is 5.70. The Morgan fingerprint density at radius 3 is 3.05 bits per heavy atom. The van der Waals surface area contributed by atoms with Gasteiger partial charge in [-0.15, -0.1) is 0 Å². The number of nitriles is 1. The summed E-state index contributed by atoms with van der Waals surface area (Å²) in [5.74, 6) is 0.724. The van der Waals surface area contributed by atoms with Crippen LogP contribution in [0, 0.1) is 11.3 Å². The van der Waals surface area contributed by atoms with E-state index >= 15 is 0 Å². The molecule has 2 atom stereocenters. The van der Waals surface area contributed by atoms with Gasteiger partial charge in [-0.25, -0.2) is 4.98 Å². The highest BCUT2D eigenvalue weighted by Gasteiger charge is 2.35. The molecule has 0 aromatic carbocycles. The van der Waals surface area contributed by atoms with Crippen LogP contribution in [0.1, 0.15) is 31.2 Å². The standard InChI is InChI=1S/C14H17ClN4/c15-13-7-10(9-16)8-14(18-13)17-11-4-6-19-5-2-1-3-12(11)19/h7-8,11-12H,1-6H2,(H,17,18). The summed E-state index contributed by atoms with van der Waals surface area (Å²) in [6.07, 6.45) is 5.02. The van der Waals surface area contributed by atoms with E-state index in [1.807, 2.05) is 0 Å². The van der Waals surface area contributed by atoms with E-state index in [-0.39, 0.29) is 0 Å². The fourth-order valence-electron chi connectivity index (χ4n) is 3.24. The third kappa shape index (κ3) is 2.68. The van der Waals surface area contributed by atoms with Crippen molar-refractivity contribution in [3.05, 3.63) is 22.8 Å². The van der Waals surface area contributed by atoms with Crippen molar-refractivity contribution in [1.82, 2.24) is 9.88 Å². The Hall–Kier alpha value is -1.31. The highest BCUT2D eigenvalue weighted by Crippen LogP contribution is 2.29. The maximum Gasteiger partial charge on any atom is 0.132 e. The van der Waals surface area contributed by atoms with Crippen molar-refractivity contribution in [3.8, 4) is 6.07 Å². The van der Waals surface area contributed by atoms with Crippen molar-refractivity contribution in [2.75, 3.05) is 18.4 Å². The van der Waals surface area contributed by atoms with Crippen LogP contribution >= 0.6 is 11.6 Å². The second-order valence-electron chi connectivity index (χ2n) is 5.31. The largest absolute Gasteiger partial charge is 0.366 e. The van der Waals surface area contributed by atoms with Crippen molar-refractivity contribution in [2.45, 2.75) is 37.8 Å². The minimum absolute atomic E-state index is 0.375. The van der Waals surface area contributed by atoms with Crippen molar-refractivity contribution < 1.29 is 0 Å². The summed E-state index contributed by atoms with van der Waals surface area (Å²) in [5.41, 5.74) is 0.556.